The van der Waals surface area contributed by atoms with Gasteiger partial charge < -0.3 is 10.2 Å². The number of hydrogen-bond acceptors (Lipinski definition) is 4. The summed E-state index contributed by atoms with van der Waals surface area (Å²) in [5.41, 5.74) is 3.14. The van der Waals surface area contributed by atoms with E-state index in [1.54, 1.807) is 11.3 Å². The summed E-state index contributed by atoms with van der Waals surface area (Å²) in [5, 5.41) is 6.08. The highest BCUT2D eigenvalue weighted by Gasteiger charge is 2.09. The number of hydrogen-bond donors (Lipinski definition) is 1. The van der Waals surface area contributed by atoms with E-state index in [2.05, 4.69) is 60.4 Å². The second-order valence-corrected chi connectivity index (χ2v) is 7.03. The number of anilines is 2. The van der Waals surface area contributed by atoms with Crippen molar-refractivity contribution < 1.29 is 4.79 Å². The molecule has 0 spiro atoms. The molecule has 0 saturated carbocycles. The van der Waals surface area contributed by atoms with Gasteiger partial charge in [-0.1, -0.05) is 13.8 Å². The maximum Gasteiger partial charge on any atom is 0.224 e. The van der Waals surface area contributed by atoms with Crippen LogP contribution in [0.1, 0.15) is 50.7 Å². The largest absolute Gasteiger partial charge is 0.372 e. The molecule has 0 aliphatic rings. The topological polar surface area (TPSA) is 45.2 Å². The molecule has 5 heteroatoms. The van der Waals surface area contributed by atoms with Crippen molar-refractivity contribution >= 4 is 28.6 Å². The molecule has 1 amide bonds. The van der Waals surface area contributed by atoms with Gasteiger partial charge in [0.05, 0.1) is 10.7 Å². The van der Waals surface area contributed by atoms with E-state index in [4.69, 9.17) is 0 Å². The molecular weight excluding hydrogens is 318 g/mol. The Hall–Kier alpha value is -1.88. The first kappa shape index (κ1) is 18.5. The third-order valence-corrected chi connectivity index (χ3v) is 4.93. The lowest BCUT2D eigenvalue weighted by molar-refractivity contribution is -0.116. The van der Waals surface area contributed by atoms with Crippen LogP contribution in [0.25, 0.3) is 0 Å². The Kier molecular flexibility index (Phi) is 6.79. The molecule has 4 nitrogen and oxygen atoms in total. The number of carbonyl (C=O) groups is 1. The Labute approximate surface area is 148 Å². The average Bonchev–Trinajstić information content (AvgIpc) is 3.05. The number of nitrogens with zero attached hydrogens (tertiary/aromatic N) is 2. The Morgan fingerprint density at radius 3 is 2.42 bits per heavy atom. The van der Waals surface area contributed by atoms with Crippen molar-refractivity contribution in [1.82, 2.24) is 4.98 Å². The van der Waals surface area contributed by atoms with E-state index >= 15 is 0 Å². The summed E-state index contributed by atoms with van der Waals surface area (Å²) in [4.78, 5) is 19.0. The van der Waals surface area contributed by atoms with Gasteiger partial charge in [0.15, 0.2) is 0 Å². The predicted octanol–water partition coefficient (Wildman–Crippen LogP) is 4.68. The summed E-state index contributed by atoms with van der Waals surface area (Å²) in [7, 11) is 0. The molecule has 24 heavy (non-hydrogen) atoms. The van der Waals surface area contributed by atoms with Crippen LogP contribution in [0.15, 0.2) is 29.6 Å². The van der Waals surface area contributed by atoms with E-state index in [1.807, 2.05) is 12.1 Å². The number of rotatable bonds is 8. The zero-order chi connectivity index (χ0) is 17.5. The third kappa shape index (κ3) is 5.06. The highest BCUT2D eigenvalue weighted by Crippen LogP contribution is 2.20. The molecular formula is C19H27N3OS. The van der Waals surface area contributed by atoms with Gasteiger partial charge in [0.25, 0.3) is 0 Å². The summed E-state index contributed by atoms with van der Waals surface area (Å²) >= 11 is 1.64. The van der Waals surface area contributed by atoms with Crippen molar-refractivity contribution in [2.45, 2.75) is 46.5 Å². The second kappa shape index (κ2) is 8.83. The first-order valence-electron chi connectivity index (χ1n) is 8.62. The molecule has 130 valence electrons. The minimum atomic E-state index is 0.0342. The van der Waals surface area contributed by atoms with E-state index in [1.165, 1.54) is 5.69 Å². The van der Waals surface area contributed by atoms with Gasteiger partial charge in [-0.25, -0.2) is 4.98 Å². The normalized spacial score (nSPS) is 10.9. The molecule has 0 unspecified atom stereocenters. The SMILES string of the molecule is CCN(CC)c1ccc(NC(=O)CCc2nc(C(C)C)cs2)cc1. The number of thiazole rings is 1. The number of benzene rings is 1. The third-order valence-electron chi connectivity index (χ3n) is 4.01. The Balaban J connectivity index is 1.85. The average molecular weight is 346 g/mol. The van der Waals surface area contributed by atoms with Crippen molar-refractivity contribution in [3.8, 4) is 0 Å². The molecule has 1 aromatic carbocycles. The fraction of sp³-hybridized carbons (Fsp3) is 0.474. The van der Waals surface area contributed by atoms with Crippen molar-refractivity contribution in [2.24, 2.45) is 0 Å². The first-order chi connectivity index (χ1) is 11.5. The van der Waals surface area contributed by atoms with Gasteiger partial charge in [-0.3, -0.25) is 4.79 Å². The number of carbonyl (C=O) groups excluding carboxylic acids is 1. The molecule has 0 atom stereocenters. The number of nitrogens with one attached hydrogen (secondary N) is 1. The van der Waals surface area contributed by atoms with Gasteiger partial charge in [0.1, 0.15) is 0 Å². The summed E-state index contributed by atoms with van der Waals surface area (Å²) in [6.45, 7) is 10.5. The lowest BCUT2D eigenvalue weighted by Gasteiger charge is -2.21. The van der Waals surface area contributed by atoms with E-state index in [9.17, 15) is 4.79 Å². The van der Waals surface area contributed by atoms with Crippen LogP contribution in [0.5, 0.6) is 0 Å². The van der Waals surface area contributed by atoms with Gasteiger partial charge in [0, 0.05) is 42.7 Å². The molecule has 1 heterocycles. The highest BCUT2D eigenvalue weighted by molar-refractivity contribution is 7.09. The molecule has 0 fully saturated rings. The summed E-state index contributed by atoms with van der Waals surface area (Å²) in [6, 6.07) is 8.04. The van der Waals surface area contributed by atoms with Crippen LogP contribution in [0.3, 0.4) is 0 Å². The Morgan fingerprint density at radius 1 is 1.21 bits per heavy atom. The van der Waals surface area contributed by atoms with E-state index < -0.39 is 0 Å². The quantitative estimate of drug-likeness (QED) is 0.755. The summed E-state index contributed by atoms with van der Waals surface area (Å²) < 4.78 is 0. The summed E-state index contributed by atoms with van der Waals surface area (Å²) in [5.74, 6) is 0.472. The van der Waals surface area contributed by atoms with Gasteiger partial charge in [-0.15, -0.1) is 11.3 Å². The van der Waals surface area contributed by atoms with Crippen molar-refractivity contribution in [3.63, 3.8) is 0 Å². The molecule has 0 radical (unpaired) electrons. The molecule has 0 aliphatic heterocycles. The molecule has 1 aromatic heterocycles. The number of aromatic nitrogens is 1. The molecule has 0 aliphatic carbocycles. The van der Waals surface area contributed by atoms with Crippen molar-refractivity contribution in [3.05, 3.63) is 40.3 Å². The van der Waals surface area contributed by atoms with Crippen molar-refractivity contribution in [2.75, 3.05) is 23.3 Å². The Bertz CT molecular complexity index is 645. The molecule has 2 aromatic rings. The fourth-order valence-electron chi connectivity index (χ4n) is 2.49. The second-order valence-electron chi connectivity index (χ2n) is 6.09. The number of amides is 1. The van der Waals surface area contributed by atoms with E-state index in [0.717, 1.165) is 29.5 Å². The molecule has 0 bridgehead atoms. The zero-order valence-corrected chi connectivity index (χ0v) is 15.8. The maximum atomic E-state index is 12.1. The lowest BCUT2D eigenvalue weighted by atomic mass is 10.2. The predicted molar refractivity (Wildman–Crippen MR) is 103 cm³/mol. The van der Waals surface area contributed by atoms with Crippen LogP contribution in [-0.2, 0) is 11.2 Å². The first-order valence-corrected chi connectivity index (χ1v) is 9.50. The fourth-order valence-corrected chi connectivity index (χ4v) is 3.45. The van der Waals surface area contributed by atoms with E-state index in [-0.39, 0.29) is 5.91 Å². The van der Waals surface area contributed by atoms with Gasteiger partial charge in [0.2, 0.25) is 5.91 Å². The maximum absolute atomic E-state index is 12.1. The van der Waals surface area contributed by atoms with Crippen LogP contribution in [0.4, 0.5) is 11.4 Å². The smallest absolute Gasteiger partial charge is 0.224 e. The van der Waals surface area contributed by atoms with Gasteiger partial charge >= 0.3 is 0 Å². The van der Waals surface area contributed by atoms with Crippen LogP contribution < -0.4 is 10.2 Å². The molecule has 2 rings (SSSR count). The molecule has 0 saturated heterocycles. The van der Waals surface area contributed by atoms with E-state index in [0.29, 0.717) is 18.8 Å². The van der Waals surface area contributed by atoms with Crippen LogP contribution in [0, 0.1) is 0 Å². The standard InChI is InChI=1S/C19H27N3OS/c1-5-22(6-2)16-9-7-15(8-10-16)20-18(23)11-12-19-21-17(13-24-19)14(3)4/h7-10,13-14H,5-6,11-12H2,1-4H3,(H,20,23). The summed E-state index contributed by atoms with van der Waals surface area (Å²) in [6.07, 6.45) is 1.16. The minimum absolute atomic E-state index is 0.0342. The van der Waals surface area contributed by atoms with Gasteiger partial charge in [-0.05, 0) is 44.0 Å². The Morgan fingerprint density at radius 2 is 1.88 bits per heavy atom. The van der Waals surface area contributed by atoms with Gasteiger partial charge in [-0.2, -0.15) is 0 Å². The van der Waals surface area contributed by atoms with Crippen LogP contribution in [0.2, 0.25) is 0 Å². The van der Waals surface area contributed by atoms with Crippen LogP contribution >= 0.6 is 11.3 Å². The molecule has 1 N–H and O–H groups in total. The minimum Gasteiger partial charge on any atom is -0.372 e. The lowest BCUT2D eigenvalue weighted by Crippen LogP contribution is -2.21. The van der Waals surface area contributed by atoms with Crippen molar-refractivity contribution in [1.29, 1.82) is 0 Å². The zero-order valence-electron chi connectivity index (χ0n) is 15.0. The van der Waals surface area contributed by atoms with Crippen LogP contribution in [-0.4, -0.2) is 24.0 Å². The number of aryl methyl sites for hydroxylation is 1. The highest BCUT2D eigenvalue weighted by atomic mass is 32.1. The monoisotopic (exact) mass is 345 g/mol.